The summed E-state index contributed by atoms with van der Waals surface area (Å²) in [7, 11) is -2.50. The highest BCUT2D eigenvalue weighted by Gasteiger charge is 2.10. The molecule has 0 aliphatic carbocycles. The van der Waals surface area contributed by atoms with Gasteiger partial charge in [0, 0.05) is 19.6 Å². The van der Waals surface area contributed by atoms with E-state index >= 15 is 0 Å². The minimum atomic E-state index is -2.50. The van der Waals surface area contributed by atoms with Crippen LogP contribution in [-0.2, 0) is 20.8 Å². The van der Waals surface area contributed by atoms with Crippen LogP contribution in [0.1, 0.15) is 18.9 Å². The predicted molar refractivity (Wildman–Crippen MR) is 94.8 cm³/mol. The van der Waals surface area contributed by atoms with Crippen molar-refractivity contribution >= 4 is 13.9 Å². The van der Waals surface area contributed by atoms with Crippen LogP contribution in [0.2, 0.25) is 0 Å². The van der Waals surface area contributed by atoms with E-state index in [2.05, 4.69) is 12.1 Å². The Morgan fingerprint density at radius 2 is 1.71 bits per heavy atom. The third kappa shape index (κ3) is 5.93. The molecule has 5 nitrogen and oxygen atoms in total. The normalized spacial score (nSPS) is 11.9. The summed E-state index contributed by atoms with van der Waals surface area (Å²) in [6, 6.07) is 18.0. The Morgan fingerprint density at radius 3 is 2.29 bits per heavy atom. The number of amides is 1. The fourth-order valence-electron chi connectivity index (χ4n) is 2.26. The van der Waals surface area contributed by atoms with Crippen molar-refractivity contribution in [1.82, 2.24) is 5.06 Å². The van der Waals surface area contributed by atoms with Crippen LogP contribution in [0.3, 0.4) is 0 Å². The molecular formula is C18H22NO4P. The molecule has 0 heterocycles. The lowest BCUT2D eigenvalue weighted by Crippen LogP contribution is -2.30. The second-order valence-electron chi connectivity index (χ2n) is 5.45. The lowest BCUT2D eigenvalue weighted by molar-refractivity contribution is -0.189. The number of benzene rings is 2. The third-order valence-electron chi connectivity index (χ3n) is 3.55. The van der Waals surface area contributed by atoms with E-state index in [0.29, 0.717) is 13.0 Å². The number of hydroxylamine groups is 2. The molecule has 0 aliphatic heterocycles. The number of hydrogen-bond donors (Lipinski definition) is 1. The molecule has 1 unspecified atom stereocenters. The first-order valence-electron chi connectivity index (χ1n) is 7.83. The maximum atomic E-state index is 11.5. The minimum absolute atomic E-state index is 0.198. The zero-order valence-corrected chi connectivity index (χ0v) is 14.6. The third-order valence-corrected chi connectivity index (χ3v) is 4.33. The van der Waals surface area contributed by atoms with Gasteiger partial charge < -0.3 is 4.89 Å². The monoisotopic (exact) mass is 347 g/mol. The smallest absolute Gasteiger partial charge is 0.243 e. The van der Waals surface area contributed by atoms with Crippen molar-refractivity contribution in [2.24, 2.45) is 0 Å². The molecule has 2 aromatic carbocycles. The Bertz CT molecular complexity index is 673. The highest BCUT2D eigenvalue weighted by atomic mass is 31.1. The van der Waals surface area contributed by atoms with Gasteiger partial charge in [-0.1, -0.05) is 54.6 Å². The maximum Gasteiger partial charge on any atom is 0.243 e. The van der Waals surface area contributed by atoms with Crippen LogP contribution >= 0.6 is 8.03 Å². The van der Waals surface area contributed by atoms with E-state index in [0.717, 1.165) is 16.7 Å². The van der Waals surface area contributed by atoms with Gasteiger partial charge in [-0.3, -0.25) is 14.2 Å². The van der Waals surface area contributed by atoms with Crippen LogP contribution in [0.5, 0.6) is 0 Å². The second-order valence-corrected chi connectivity index (χ2v) is 6.74. The molecule has 0 aromatic heterocycles. The van der Waals surface area contributed by atoms with Gasteiger partial charge in [0.15, 0.2) is 8.03 Å². The first-order chi connectivity index (χ1) is 11.6. The van der Waals surface area contributed by atoms with Crippen LogP contribution in [0.4, 0.5) is 0 Å². The lowest BCUT2D eigenvalue weighted by atomic mass is 10.0. The predicted octanol–water partition coefficient (Wildman–Crippen LogP) is 3.49. The van der Waals surface area contributed by atoms with Gasteiger partial charge in [-0.25, -0.2) is 5.06 Å². The quantitative estimate of drug-likeness (QED) is 0.586. The van der Waals surface area contributed by atoms with E-state index in [1.54, 1.807) is 0 Å². The van der Waals surface area contributed by atoms with E-state index < -0.39 is 8.03 Å². The standard InChI is InChI=1S/C18H22NO4P/c1-15(20)19(12-5-13-24(21)22)23-14-16-8-10-18(11-9-16)17-6-3-2-4-7-17/h2-4,6-11,24H,5,12-14H2,1H3,(H,21,22). The first-order valence-corrected chi connectivity index (χ1v) is 9.39. The van der Waals surface area contributed by atoms with Crippen LogP contribution in [0, 0.1) is 0 Å². The van der Waals surface area contributed by atoms with Gasteiger partial charge in [0.2, 0.25) is 5.91 Å². The van der Waals surface area contributed by atoms with E-state index in [-0.39, 0.29) is 18.7 Å². The van der Waals surface area contributed by atoms with Crippen molar-refractivity contribution in [1.29, 1.82) is 0 Å². The average molecular weight is 347 g/mol. The summed E-state index contributed by atoms with van der Waals surface area (Å²) in [5.74, 6) is -0.214. The largest absolute Gasteiger partial charge is 0.346 e. The number of hydrogen-bond acceptors (Lipinski definition) is 3. The van der Waals surface area contributed by atoms with Crippen molar-refractivity contribution in [3.8, 4) is 11.1 Å². The van der Waals surface area contributed by atoms with E-state index in [4.69, 9.17) is 9.73 Å². The Balaban J connectivity index is 1.90. The molecule has 0 spiro atoms. The van der Waals surface area contributed by atoms with E-state index in [1.165, 1.54) is 12.0 Å². The fourth-order valence-corrected chi connectivity index (χ4v) is 2.72. The summed E-state index contributed by atoms with van der Waals surface area (Å²) in [5.41, 5.74) is 3.22. The van der Waals surface area contributed by atoms with Gasteiger partial charge in [-0.2, -0.15) is 0 Å². The van der Waals surface area contributed by atoms with Crippen molar-refractivity contribution in [3.05, 3.63) is 60.2 Å². The van der Waals surface area contributed by atoms with Gasteiger partial charge in [-0.15, -0.1) is 0 Å². The molecule has 0 saturated carbocycles. The summed E-state index contributed by atoms with van der Waals surface area (Å²) < 4.78 is 10.7. The van der Waals surface area contributed by atoms with Crippen molar-refractivity contribution in [2.45, 2.75) is 20.0 Å². The van der Waals surface area contributed by atoms with Gasteiger partial charge in [0.25, 0.3) is 0 Å². The SMILES string of the molecule is CC(=O)N(CCC[PH](=O)O)OCc1ccc(-c2ccccc2)cc1. The molecule has 0 aliphatic rings. The maximum absolute atomic E-state index is 11.5. The van der Waals surface area contributed by atoms with Crippen molar-refractivity contribution in [2.75, 3.05) is 12.7 Å². The topological polar surface area (TPSA) is 66.8 Å². The molecule has 1 amide bonds. The van der Waals surface area contributed by atoms with Crippen LogP contribution in [-0.4, -0.2) is 28.6 Å². The Labute approximate surface area is 142 Å². The number of rotatable bonds is 8. The zero-order valence-electron chi connectivity index (χ0n) is 13.6. The van der Waals surface area contributed by atoms with Crippen LogP contribution in [0.15, 0.2) is 54.6 Å². The number of carbonyl (C=O) groups excluding carboxylic acids is 1. The minimum Gasteiger partial charge on any atom is -0.346 e. The van der Waals surface area contributed by atoms with Crippen LogP contribution < -0.4 is 0 Å². The van der Waals surface area contributed by atoms with Gasteiger partial charge in [0.1, 0.15) is 6.61 Å². The van der Waals surface area contributed by atoms with E-state index in [1.807, 2.05) is 42.5 Å². The number of carbonyl (C=O) groups is 1. The van der Waals surface area contributed by atoms with Crippen LogP contribution in [0.25, 0.3) is 11.1 Å². The molecule has 128 valence electrons. The summed E-state index contributed by atoms with van der Waals surface area (Å²) in [6.07, 6.45) is 0.643. The molecule has 0 saturated heterocycles. The number of nitrogens with zero attached hydrogens (tertiary/aromatic N) is 1. The molecule has 1 atom stereocenters. The lowest BCUT2D eigenvalue weighted by Gasteiger charge is -2.20. The molecule has 0 bridgehead atoms. The molecule has 1 N–H and O–H groups in total. The van der Waals surface area contributed by atoms with Gasteiger partial charge in [0.05, 0.1) is 0 Å². The highest BCUT2D eigenvalue weighted by molar-refractivity contribution is 7.37. The average Bonchev–Trinajstić information content (AvgIpc) is 2.58. The molecule has 2 rings (SSSR count). The summed E-state index contributed by atoms with van der Waals surface area (Å²) in [4.78, 5) is 25.9. The molecule has 6 heteroatoms. The summed E-state index contributed by atoms with van der Waals surface area (Å²) in [6.45, 7) is 2.01. The molecule has 24 heavy (non-hydrogen) atoms. The molecule has 2 aromatic rings. The van der Waals surface area contributed by atoms with Crippen molar-refractivity contribution < 1.29 is 19.1 Å². The Morgan fingerprint density at radius 1 is 1.08 bits per heavy atom. The first kappa shape index (κ1) is 18.4. The van der Waals surface area contributed by atoms with Gasteiger partial charge in [-0.05, 0) is 23.1 Å². The van der Waals surface area contributed by atoms with E-state index in [9.17, 15) is 9.36 Å². The summed E-state index contributed by atoms with van der Waals surface area (Å²) in [5, 5.41) is 1.25. The highest BCUT2D eigenvalue weighted by Crippen LogP contribution is 2.20. The Hall–Kier alpha value is -1.94. The molecular weight excluding hydrogens is 325 g/mol. The summed E-state index contributed by atoms with van der Waals surface area (Å²) >= 11 is 0. The molecule has 0 radical (unpaired) electrons. The van der Waals surface area contributed by atoms with Crippen molar-refractivity contribution in [3.63, 3.8) is 0 Å². The second kappa shape index (κ2) is 9.38. The van der Waals surface area contributed by atoms with Gasteiger partial charge >= 0.3 is 0 Å². The molecule has 0 fully saturated rings. The fraction of sp³-hybridized carbons (Fsp3) is 0.278. The Kier molecular flexibility index (Phi) is 7.19. The zero-order chi connectivity index (χ0) is 17.4.